The van der Waals surface area contributed by atoms with Crippen LogP contribution in [0.1, 0.15) is 36.0 Å². The number of amides is 1. The van der Waals surface area contributed by atoms with Crippen molar-refractivity contribution < 1.29 is 13.9 Å². The number of aryl methyl sites for hydroxylation is 1. The first-order valence-electron chi connectivity index (χ1n) is 9.60. The van der Waals surface area contributed by atoms with E-state index in [1.807, 2.05) is 53.4 Å². The van der Waals surface area contributed by atoms with Gasteiger partial charge in [0.1, 0.15) is 17.3 Å². The number of carbonyl (C=O) groups excluding carboxylic acids is 1. The zero-order chi connectivity index (χ0) is 19.3. The normalized spacial score (nSPS) is 17.9. The number of anilines is 1. The first kappa shape index (κ1) is 17.0. The fourth-order valence-corrected chi connectivity index (χ4v) is 4.37. The van der Waals surface area contributed by atoms with Gasteiger partial charge in [0, 0.05) is 22.9 Å². The maximum Gasteiger partial charge on any atom is 0.239 e. The van der Waals surface area contributed by atoms with Crippen LogP contribution in [0.15, 0.2) is 66.7 Å². The Morgan fingerprint density at radius 1 is 1.00 bits per heavy atom. The monoisotopic (exact) mass is 373 g/mol. The van der Waals surface area contributed by atoms with Crippen molar-refractivity contribution in [2.24, 2.45) is 0 Å². The van der Waals surface area contributed by atoms with Crippen molar-refractivity contribution in [2.45, 2.75) is 31.7 Å². The van der Waals surface area contributed by atoms with Gasteiger partial charge in [-0.1, -0.05) is 36.4 Å². The Morgan fingerprint density at radius 3 is 2.32 bits per heavy atom. The number of ether oxygens (including phenoxy) is 1. The number of nitrogens with zero attached hydrogens (tertiary/aromatic N) is 1. The number of carbonyl (C=O) groups is 1. The molecule has 3 aromatic rings. The summed E-state index contributed by atoms with van der Waals surface area (Å²) in [5.74, 6) is 0.720. The minimum Gasteiger partial charge on any atom is -0.457 e. The molecule has 0 spiro atoms. The van der Waals surface area contributed by atoms with Crippen molar-refractivity contribution in [1.82, 2.24) is 0 Å². The van der Waals surface area contributed by atoms with Crippen molar-refractivity contribution in [3.05, 3.63) is 89.2 Å². The van der Waals surface area contributed by atoms with E-state index in [1.54, 1.807) is 12.1 Å². The molecular formula is C24H20FNO2. The standard InChI is InChI=1S/C24H20FNO2/c1-15-10-11-16-14-17(25)12-13-20(16)26(15)24(27)23-18-6-2-4-8-21(18)28-22-9-5-3-7-19(22)23/h2-9,12-15,23H,10-11H2,1H3/t15-/m1/s1. The summed E-state index contributed by atoms with van der Waals surface area (Å²) in [6.07, 6.45) is 1.59. The Kier molecular flexibility index (Phi) is 3.93. The average Bonchev–Trinajstić information content (AvgIpc) is 2.71. The lowest BCUT2D eigenvalue weighted by atomic mass is 9.85. The van der Waals surface area contributed by atoms with Crippen molar-refractivity contribution >= 4 is 11.6 Å². The van der Waals surface area contributed by atoms with Crippen LogP contribution < -0.4 is 9.64 Å². The van der Waals surface area contributed by atoms with Crippen LogP contribution in [-0.2, 0) is 11.2 Å². The predicted octanol–water partition coefficient (Wildman–Crippen LogP) is 5.43. The molecule has 1 atom stereocenters. The predicted molar refractivity (Wildman–Crippen MR) is 106 cm³/mol. The summed E-state index contributed by atoms with van der Waals surface area (Å²) in [6.45, 7) is 2.06. The van der Waals surface area contributed by atoms with E-state index in [4.69, 9.17) is 4.74 Å². The number of rotatable bonds is 1. The van der Waals surface area contributed by atoms with Gasteiger partial charge in [0.2, 0.25) is 5.91 Å². The molecule has 0 saturated heterocycles. The maximum absolute atomic E-state index is 13.9. The molecule has 0 aliphatic carbocycles. The number of hydrogen-bond acceptors (Lipinski definition) is 2. The van der Waals surface area contributed by atoms with Crippen LogP contribution in [0.4, 0.5) is 10.1 Å². The SMILES string of the molecule is C[C@@H]1CCc2cc(F)ccc2N1C(=O)C1c2ccccc2Oc2ccccc21. The molecule has 2 aliphatic rings. The lowest BCUT2D eigenvalue weighted by molar-refractivity contribution is -0.119. The molecule has 5 rings (SSSR count). The fraction of sp³-hybridized carbons (Fsp3) is 0.208. The van der Waals surface area contributed by atoms with Crippen LogP contribution in [-0.4, -0.2) is 11.9 Å². The van der Waals surface area contributed by atoms with Gasteiger partial charge in [-0.15, -0.1) is 0 Å². The summed E-state index contributed by atoms with van der Waals surface area (Å²) in [5.41, 5.74) is 3.44. The number of halogens is 1. The molecule has 0 N–H and O–H groups in total. The Labute approximate surface area is 163 Å². The fourth-order valence-electron chi connectivity index (χ4n) is 4.37. The number of benzene rings is 3. The second-order valence-electron chi connectivity index (χ2n) is 7.48. The Balaban J connectivity index is 1.65. The minimum absolute atomic E-state index is 0.00302. The molecule has 0 saturated carbocycles. The highest BCUT2D eigenvalue weighted by molar-refractivity contribution is 6.02. The summed E-state index contributed by atoms with van der Waals surface area (Å²) in [6, 6.07) is 20.1. The molecule has 0 radical (unpaired) electrons. The first-order chi connectivity index (χ1) is 13.6. The number of hydrogen-bond donors (Lipinski definition) is 0. The van der Waals surface area contributed by atoms with E-state index in [0.717, 1.165) is 35.2 Å². The average molecular weight is 373 g/mol. The third-order valence-electron chi connectivity index (χ3n) is 5.74. The molecule has 140 valence electrons. The molecule has 4 heteroatoms. The van der Waals surface area contributed by atoms with Crippen LogP contribution in [0.5, 0.6) is 11.5 Å². The van der Waals surface area contributed by atoms with E-state index in [9.17, 15) is 9.18 Å². The van der Waals surface area contributed by atoms with Crippen LogP contribution in [0.25, 0.3) is 0 Å². The molecule has 3 nitrogen and oxygen atoms in total. The number of para-hydroxylation sites is 2. The lowest BCUT2D eigenvalue weighted by Gasteiger charge is -2.39. The molecular weight excluding hydrogens is 353 g/mol. The highest BCUT2D eigenvalue weighted by Crippen LogP contribution is 2.46. The summed E-state index contributed by atoms with van der Waals surface area (Å²) in [4.78, 5) is 15.8. The highest BCUT2D eigenvalue weighted by atomic mass is 19.1. The molecule has 3 aromatic carbocycles. The molecule has 28 heavy (non-hydrogen) atoms. The van der Waals surface area contributed by atoms with E-state index in [2.05, 4.69) is 6.92 Å². The summed E-state index contributed by atoms with van der Waals surface area (Å²) in [7, 11) is 0. The number of fused-ring (bicyclic) bond motifs is 3. The summed E-state index contributed by atoms with van der Waals surface area (Å²) < 4.78 is 19.8. The molecule has 0 bridgehead atoms. The Morgan fingerprint density at radius 2 is 1.64 bits per heavy atom. The molecule has 0 aromatic heterocycles. The van der Waals surface area contributed by atoms with Gasteiger partial charge in [-0.2, -0.15) is 0 Å². The van der Waals surface area contributed by atoms with Gasteiger partial charge in [-0.05, 0) is 55.7 Å². The van der Waals surface area contributed by atoms with Crippen LogP contribution in [0.2, 0.25) is 0 Å². The second-order valence-corrected chi connectivity index (χ2v) is 7.48. The van der Waals surface area contributed by atoms with Gasteiger partial charge in [-0.3, -0.25) is 4.79 Å². The lowest BCUT2D eigenvalue weighted by Crippen LogP contribution is -2.45. The van der Waals surface area contributed by atoms with Crippen molar-refractivity contribution in [2.75, 3.05) is 4.90 Å². The van der Waals surface area contributed by atoms with Gasteiger partial charge >= 0.3 is 0 Å². The third kappa shape index (κ3) is 2.60. The third-order valence-corrected chi connectivity index (χ3v) is 5.74. The van der Waals surface area contributed by atoms with E-state index >= 15 is 0 Å². The Hall–Kier alpha value is -3.14. The van der Waals surface area contributed by atoms with Gasteiger partial charge in [0.25, 0.3) is 0 Å². The first-order valence-corrected chi connectivity index (χ1v) is 9.60. The molecule has 0 unspecified atom stereocenters. The summed E-state index contributed by atoms with van der Waals surface area (Å²) in [5, 5.41) is 0. The van der Waals surface area contributed by atoms with E-state index in [-0.39, 0.29) is 17.8 Å². The van der Waals surface area contributed by atoms with Crippen LogP contribution in [0, 0.1) is 5.82 Å². The van der Waals surface area contributed by atoms with Gasteiger partial charge in [0.15, 0.2) is 0 Å². The van der Waals surface area contributed by atoms with Crippen molar-refractivity contribution in [3.63, 3.8) is 0 Å². The summed E-state index contributed by atoms with van der Waals surface area (Å²) >= 11 is 0. The zero-order valence-electron chi connectivity index (χ0n) is 15.6. The quantitative estimate of drug-likeness (QED) is 0.569. The molecule has 0 fully saturated rings. The maximum atomic E-state index is 13.9. The zero-order valence-corrected chi connectivity index (χ0v) is 15.6. The molecule has 2 aliphatic heterocycles. The highest BCUT2D eigenvalue weighted by Gasteiger charge is 2.38. The van der Waals surface area contributed by atoms with Crippen LogP contribution in [0.3, 0.4) is 0 Å². The van der Waals surface area contributed by atoms with Crippen molar-refractivity contribution in [1.29, 1.82) is 0 Å². The van der Waals surface area contributed by atoms with Crippen molar-refractivity contribution in [3.8, 4) is 11.5 Å². The second kappa shape index (κ2) is 6.48. The van der Waals surface area contributed by atoms with Gasteiger partial charge in [0.05, 0.1) is 5.92 Å². The molecule has 2 heterocycles. The Bertz CT molecular complexity index is 1030. The topological polar surface area (TPSA) is 29.5 Å². The molecule has 1 amide bonds. The van der Waals surface area contributed by atoms with Gasteiger partial charge in [-0.25, -0.2) is 4.39 Å². The smallest absolute Gasteiger partial charge is 0.239 e. The minimum atomic E-state index is -0.445. The van der Waals surface area contributed by atoms with E-state index < -0.39 is 5.92 Å². The van der Waals surface area contributed by atoms with E-state index in [1.165, 1.54) is 6.07 Å². The van der Waals surface area contributed by atoms with Crippen LogP contribution >= 0.6 is 0 Å². The van der Waals surface area contributed by atoms with E-state index in [0.29, 0.717) is 11.5 Å². The largest absolute Gasteiger partial charge is 0.457 e. The van der Waals surface area contributed by atoms with Gasteiger partial charge < -0.3 is 9.64 Å².